The van der Waals surface area contributed by atoms with Gasteiger partial charge in [0.1, 0.15) is 0 Å². The molecule has 1 aromatic carbocycles. The third-order valence-corrected chi connectivity index (χ3v) is 7.08. The van der Waals surface area contributed by atoms with Gasteiger partial charge in [0.05, 0.1) is 0 Å². The summed E-state index contributed by atoms with van der Waals surface area (Å²) in [4.78, 5) is 14.0. The van der Waals surface area contributed by atoms with Gasteiger partial charge in [-0.15, -0.1) is 11.8 Å². The van der Waals surface area contributed by atoms with Crippen molar-refractivity contribution < 1.29 is 4.79 Å². The van der Waals surface area contributed by atoms with Crippen LogP contribution in [0.1, 0.15) is 58.2 Å². The van der Waals surface area contributed by atoms with E-state index in [0.29, 0.717) is 16.3 Å². The standard InChI is InChI=1S/C20H32OS2/c1-12(2)17(16(6)19(21)23-20(7,8)9)22-18-14(4)10-13(3)11-15(18)5/h10-12,16-17H,1-9H3/t16-,17+/m0/s1. The second-order valence-electron chi connectivity index (χ2n) is 7.88. The first-order valence-corrected chi connectivity index (χ1v) is 10.1. The summed E-state index contributed by atoms with van der Waals surface area (Å²) in [5, 5.41) is 0.614. The molecular weight excluding hydrogens is 320 g/mol. The smallest absolute Gasteiger partial charge is 0.193 e. The number of rotatable bonds is 5. The van der Waals surface area contributed by atoms with Gasteiger partial charge in [-0.1, -0.05) is 71.0 Å². The van der Waals surface area contributed by atoms with Crippen LogP contribution in [0.4, 0.5) is 0 Å². The molecule has 0 aliphatic rings. The lowest BCUT2D eigenvalue weighted by Gasteiger charge is -2.29. The van der Waals surface area contributed by atoms with Gasteiger partial charge >= 0.3 is 0 Å². The molecule has 3 heteroatoms. The Morgan fingerprint density at radius 3 is 1.87 bits per heavy atom. The molecule has 1 nitrogen and oxygen atoms in total. The Morgan fingerprint density at radius 2 is 1.48 bits per heavy atom. The van der Waals surface area contributed by atoms with E-state index < -0.39 is 0 Å². The summed E-state index contributed by atoms with van der Waals surface area (Å²) >= 11 is 3.37. The normalized spacial score (nSPS) is 14.9. The fourth-order valence-electron chi connectivity index (χ4n) is 2.83. The van der Waals surface area contributed by atoms with E-state index >= 15 is 0 Å². The zero-order valence-electron chi connectivity index (χ0n) is 16.1. The van der Waals surface area contributed by atoms with E-state index in [-0.39, 0.29) is 10.7 Å². The summed E-state index contributed by atoms with van der Waals surface area (Å²) in [6.45, 7) is 19.4. The van der Waals surface area contributed by atoms with Crippen molar-refractivity contribution in [3.63, 3.8) is 0 Å². The van der Waals surface area contributed by atoms with Gasteiger partial charge < -0.3 is 0 Å². The van der Waals surface area contributed by atoms with Gasteiger partial charge in [0.25, 0.3) is 0 Å². The highest BCUT2D eigenvalue weighted by molar-refractivity contribution is 8.14. The van der Waals surface area contributed by atoms with Crippen molar-refractivity contribution in [3.05, 3.63) is 28.8 Å². The van der Waals surface area contributed by atoms with Crippen LogP contribution in [0.15, 0.2) is 17.0 Å². The number of carbonyl (C=O) groups is 1. The number of hydrogen-bond donors (Lipinski definition) is 0. The average molecular weight is 353 g/mol. The number of thioether (sulfide) groups is 2. The molecule has 0 unspecified atom stereocenters. The quantitative estimate of drug-likeness (QED) is 0.569. The van der Waals surface area contributed by atoms with E-state index in [1.165, 1.54) is 33.3 Å². The topological polar surface area (TPSA) is 17.1 Å². The van der Waals surface area contributed by atoms with E-state index in [1.807, 2.05) is 11.8 Å². The predicted octanol–water partition coefficient (Wildman–Crippen LogP) is 6.42. The fourth-order valence-corrected chi connectivity index (χ4v) is 5.22. The number of hydrogen-bond acceptors (Lipinski definition) is 3. The molecule has 1 aromatic rings. The van der Waals surface area contributed by atoms with Gasteiger partial charge in [-0.05, 0) is 37.8 Å². The van der Waals surface area contributed by atoms with Gasteiger partial charge in [0.2, 0.25) is 0 Å². The third-order valence-electron chi connectivity index (χ3n) is 3.79. The fraction of sp³-hybridized carbons (Fsp3) is 0.650. The van der Waals surface area contributed by atoms with Crippen LogP contribution in [0.3, 0.4) is 0 Å². The third kappa shape index (κ3) is 6.19. The highest BCUT2D eigenvalue weighted by Crippen LogP contribution is 2.40. The molecule has 0 amide bonds. The molecule has 130 valence electrons. The van der Waals surface area contributed by atoms with Gasteiger partial charge in [-0.3, -0.25) is 4.79 Å². The molecular formula is C20H32OS2. The minimum atomic E-state index is -0.0206. The molecule has 2 atom stereocenters. The monoisotopic (exact) mass is 352 g/mol. The SMILES string of the molecule is Cc1cc(C)c(S[C@H](C(C)C)[C@H](C)C(=O)SC(C)(C)C)c(C)c1. The van der Waals surface area contributed by atoms with Gasteiger partial charge in [-0.2, -0.15) is 0 Å². The lowest BCUT2D eigenvalue weighted by molar-refractivity contribution is -0.114. The molecule has 23 heavy (non-hydrogen) atoms. The largest absolute Gasteiger partial charge is 0.287 e. The number of carbonyl (C=O) groups excluding carboxylic acids is 1. The minimum absolute atomic E-state index is 0.0206. The number of aryl methyl sites for hydroxylation is 3. The van der Waals surface area contributed by atoms with Gasteiger partial charge in [-0.25, -0.2) is 0 Å². The molecule has 0 aromatic heterocycles. The summed E-state index contributed by atoms with van der Waals surface area (Å²) in [7, 11) is 0. The highest BCUT2D eigenvalue weighted by atomic mass is 32.2. The molecule has 0 aliphatic heterocycles. The maximum absolute atomic E-state index is 12.7. The van der Waals surface area contributed by atoms with Gasteiger partial charge in [0, 0.05) is 20.8 Å². The summed E-state index contributed by atoms with van der Waals surface area (Å²) in [6.07, 6.45) is 0. The maximum atomic E-state index is 12.7. The summed E-state index contributed by atoms with van der Waals surface area (Å²) in [5.74, 6) is 0.504. The Morgan fingerprint density at radius 1 is 1.00 bits per heavy atom. The Balaban J connectivity index is 3.02. The van der Waals surface area contributed by atoms with E-state index in [2.05, 4.69) is 74.4 Å². The first-order valence-electron chi connectivity index (χ1n) is 8.39. The van der Waals surface area contributed by atoms with E-state index in [4.69, 9.17) is 0 Å². The first kappa shape index (κ1) is 20.6. The van der Waals surface area contributed by atoms with Crippen LogP contribution < -0.4 is 0 Å². The van der Waals surface area contributed by atoms with Crippen LogP contribution in [0.2, 0.25) is 0 Å². The molecule has 0 spiro atoms. The molecule has 0 saturated heterocycles. The maximum Gasteiger partial charge on any atom is 0.193 e. The molecule has 0 bridgehead atoms. The minimum Gasteiger partial charge on any atom is -0.287 e. The Bertz CT molecular complexity index is 532. The predicted molar refractivity (Wildman–Crippen MR) is 107 cm³/mol. The molecule has 0 heterocycles. The summed E-state index contributed by atoms with van der Waals surface area (Å²) in [5.41, 5.74) is 3.94. The van der Waals surface area contributed by atoms with Crippen molar-refractivity contribution in [2.45, 2.75) is 77.2 Å². The average Bonchev–Trinajstić information content (AvgIpc) is 2.34. The van der Waals surface area contributed by atoms with Crippen LogP contribution in [0, 0.1) is 32.6 Å². The van der Waals surface area contributed by atoms with E-state index in [0.717, 1.165) is 0 Å². The van der Waals surface area contributed by atoms with Crippen LogP contribution in [0.5, 0.6) is 0 Å². The van der Waals surface area contributed by atoms with Crippen molar-refractivity contribution in [1.82, 2.24) is 0 Å². The molecule has 0 fully saturated rings. The molecule has 0 N–H and O–H groups in total. The Hall–Kier alpha value is -0.410. The first-order chi connectivity index (χ1) is 10.4. The molecule has 0 saturated carbocycles. The van der Waals surface area contributed by atoms with Gasteiger partial charge in [0.15, 0.2) is 5.12 Å². The van der Waals surface area contributed by atoms with Crippen molar-refractivity contribution in [2.24, 2.45) is 11.8 Å². The van der Waals surface area contributed by atoms with Crippen molar-refractivity contribution >= 4 is 28.6 Å². The van der Waals surface area contributed by atoms with Crippen LogP contribution in [-0.4, -0.2) is 15.1 Å². The number of benzene rings is 1. The summed E-state index contributed by atoms with van der Waals surface area (Å²) in [6, 6.07) is 4.48. The van der Waals surface area contributed by atoms with E-state index in [1.54, 1.807) is 0 Å². The molecule has 0 radical (unpaired) electrons. The Kier molecular flexibility index (Phi) is 7.28. The van der Waals surface area contributed by atoms with Crippen molar-refractivity contribution in [3.8, 4) is 0 Å². The Labute approximate surface area is 151 Å². The zero-order valence-corrected chi connectivity index (χ0v) is 17.7. The second-order valence-corrected chi connectivity index (χ2v) is 10.9. The van der Waals surface area contributed by atoms with Crippen molar-refractivity contribution in [1.29, 1.82) is 0 Å². The molecule has 0 aliphatic carbocycles. The van der Waals surface area contributed by atoms with Crippen LogP contribution in [0.25, 0.3) is 0 Å². The molecule has 1 rings (SSSR count). The lowest BCUT2D eigenvalue weighted by Crippen LogP contribution is -2.28. The van der Waals surface area contributed by atoms with Crippen LogP contribution in [-0.2, 0) is 4.79 Å². The second kappa shape index (κ2) is 8.11. The zero-order chi connectivity index (χ0) is 17.9. The van der Waals surface area contributed by atoms with Crippen LogP contribution >= 0.6 is 23.5 Å². The lowest BCUT2D eigenvalue weighted by atomic mass is 9.99. The van der Waals surface area contributed by atoms with E-state index in [9.17, 15) is 4.79 Å². The van der Waals surface area contributed by atoms with Crippen molar-refractivity contribution in [2.75, 3.05) is 0 Å². The summed E-state index contributed by atoms with van der Waals surface area (Å²) < 4.78 is -0.0206. The highest BCUT2D eigenvalue weighted by Gasteiger charge is 2.31.